The van der Waals surface area contributed by atoms with Crippen molar-refractivity contribution in [3.05, 3.63) is 93.4 Å². The zero-order valence-corrected chi connectivity index (χ0v) is 16.8. The van der Waals surface area contributed by atoms with Gasteiger partial charge in [-0.1, -0.05) is 82.1 Å². The molecule has 0 saturated carbocycles. The predicted octanol–water partition coefficient (Wildman–Crippen LogP) is 6.86. The fourth-order valence-electron chi connectivity index (χ4n) is 2.42. The van der Waals surface area contributed by atoms with Gasteiger partial charge < -0.3 is 0 Å². The molecule has 0 radical (unpaired) electrons. The van der Waals surface area contributed by atoms with Gasteiger partial charge in [-0.15, -0.1) is 0 Å². The molecule has 3 aromatic carbocycles. The number of ketones is 2. The summed E-state index contributed by atoms with van der Waals surface area (Å²) >= 11 is 9.11. The van der Waals surface area contributed by atoms with E-state index in [9.17, 15) is 9.59 Å². The van der Waals surface area contributed by atoms with Gasteiger partial charge >= 0.3 is 0 Å². The van der Waals surface area contributed by atoms with Crippen LogP contribution in [0.1, 0.15) is 34.6 Å². The van der Waals surface area contributed by atoms with E-state index in [0.717, 1.165) is 26.7 Å². The second-order valence-corrected chi connectivity index (χ2v) is 6.94. The van der Waals surface area contributed by atoms with Crippen LogP contribution in [0.15, 0.2) is 77.3 Å². The monoisotopic (exact) mass is 428 g/mol. The summed E-state index contributed by atoms with van der Waals surface area (Å²) in [6.07, 6.45) is 0. The van der Waals surface area contributed by atoms with Gasteiger partial charge in [-0.25, -0.2) is 0 Å². The SMILES string of the molecule is CC(=O)c1ccccc1-c1ccc(Cl)cc1.CC(=O)c1ccccc1Br. The molecule has 3 rings (SSSR count). The van der Waals surface area contributed by atoms with Crippen LogP contribution in [0.2, 0.25) is 5.02 Å². The van der Waals surface area contributed by atoms with Gasteiger partial charge in [-0.3, -0.25) is 9.59 Å². The lowest BCUT2D eigenvalue weighted by Gasteiger charge is -2.06. The second-order valence-electron chi connectivity index (χ2n) is 5.64. The fourth-order valence-corrected chi connectivity index (χ4v) is 3.11. The Labute approximate surface area is 167 Å². The van der Waals surface area contributed by atoms with Crippen LogP contribution in [-0.2, 0) is 0 Å². The smallest absolute Gasteiger partial charge is 0.160 e. The van der Waals surface area contributed by atoms with E-state index in [1.165, 1.54) is 0 Å². The van der Waals surface area contributed by atoms with Crippen molar-refractivity contribution in [2.24, 2.45) is 0 Å². The molecule has 0 fully saturated rings. The van der Waals surface area contributed by atoms with Crippen LogP contribution in [-0.4, -0.2) is 11.6 Å². The first-order valence-electron chi connectivity index (χ1n) is 8.01. The van der Waals surface area contributed by atoms with E-state index in [-0.39, 0.29) is 11.6 Å². The van der Waals surface area contributed by atoms with Crippen LogP contribution >= 0.6 is 27.5 Å². The highest BCUT2D eigenvalue weighted by Crippen LogP contribution is 2.25. The first-order valence-corrected chi connectivity index (χ1v) is 9.18. The van der Waals surface area contributed by atoms with E-state index in [1.807, 2.05) is 66.7 Å². The van der Waals surface area contributed by atoms with Crippen molar-refractivity contribution in [3.8, 4) is 11.1 Å². The standard InChI is InChI=1S/C14H11ClO.C8H7BrO/c1-10(16)13-4-2-3-5-14(13)11-6-8-12(15)9-7-11;1-6(10)7-4-2-3-5-8(7)9/h2-9H,1H3;2-5H,1H3. The zero-order chi connectivity index (χ0) is 19.1. The van der Waals surface area contributed by atoms with E-state index in [2.05, 4.69) is 15.9 Å². The number of carbonyl (C=O) groups is 2. The minimum atomic E-state index is 0.0746. The van der Waals surface area contributed by atoms with Crippen LogP contribution in [0.3, 0.4) is 0 Å². The average molecular weight is 430 g/mol. The van der Waals surface area contributed by atoms with Crippen LogP contribution in [0.4, 0.5) is 0 Å². The van der Waals surface area contributed by atoms with Crippen molar-refractivity contribution in [1.29, 1.82) is 0 Å². The normalized spacial score (nSPS) is 9.85. The van der Waals surface area contributed by atoms with Crippen molar-refractivity contribution in [2.45, 2.75) is 13.8 Å². The topological polar surface area (TPSA) is 34.1 Å². The van der Waals surface area contributed by atoms with Crippen LogP contribution in [0.5, 0.6) is 0 Å². The van der Waals surface area contributed by atoms with Gasteiger partial charge in [0, 0.05) is 20.6 Å². The predicted molar refractivity (Wildman–Crippen MR) is 111 cm³/mol. The van der Waals surface area contributed by atoms with Crippen molar-refractivity contribution in [1.82, 2.24) is 0 Å². The lowest BCUT2D eigenvalue weighted by Crippen LogP contribution is -1.95. The summed E-state index contributed by atoms with van der Waals surface area (Å²) in [4.78, 5) is 22.3. The Kier molecular flexibility index (Phi) is 7.31. The van der Waals surface area contributed by atoms with Gasteiger partial charge in [0.05, 0.1) is 0 Å². The minimum absolute atomic E-state index is 0.0746. The highest BCUT2D eigenvalue weighted by molar-refractivity contribution is 9.10. The first kappa shape index (κ1) is 20.1. The zero-order valence-electron chi connectivity index (χ0n) is 14.5. The number of benzene rings is 3. The molecular formula is C22H18BrClO2. The van der Waals surface area contributed by atoms with Gasteiger partial charge in [-0.2, -0.15) is 0 Å². The number of hydrogen-bond acceptors (Lipinski definition) is 2. The summed E-state index contributed by atoms with van der Waals surface area (Å²) < 4.78 is 0.863. The molecule has 0 spiro atoms. The quantitative estimate of drug-likeness (QED) is 0.426. The van der Waals surface area contributed by atoms with E-state index in [0.29, 0.717) is 5.02 Å². The summed E-state index contributed by atoms with van der Waals surface area (Å²) in [5, 5.41) is 0.698. The molecule has 0 aliphatic rings. The summed E-state index contributed by atoms with van der Waals surface area (Å²) in [5.41, 5.74) is 3.44. The number of carbonyl (C=O) groups excluding carboxylic acids is 2. The Morgan fingerprint density at radius 2 is 1.23 bits per heavy atom. The fraction of sp³-hybridized carbons (Fsp3) is 0.0909. The average Bonchev–Trinajstić information content (AvgIpc) is 2.63. The maximum absolute atomic E-state index is 11.5. The molecule has 0 unspecified atom stereocenters. The van der Waals surface area contributed by atoms with E-state index in [4.69, 9.17) is 11.6 Å². The molecule has 0 N–H and O–H groups in total. The van der Waals surface area contributed by atoms with Crippen molar-refractivity contribution < 1.29 is 9.59 Å². The maximum Gasteiger partial charge on any atom is 0.160 e. The summed E-state index contributed by atoms with van der Waals surface area (Å²) in [5.74, 6) is 0.165. The number of rotatable bonds is 3. The van der Waals surface area contributed by atoms with Crippen molar-refractivity contribution in [2.75, 3.05) is 0 Å². The van der Waals surface area contributed by atoms with Gasteiger partial charge in [0.25, 0.3) is 0 Å². The molecule has 4 heteroatoms. The molecule has 2 nitrogen and oxygen atoms in total. The summed E-state index contributed by atoms with van der Waals surface area (Å²) in [6.45, 7) is 3.13. The molecule has 26 heavy (non-hydrogen) atoms. The Bertz CT molecular complexity index is 917. The molecule has 0 aliphatic carbocycles. The van der Waals surface area contributed by atoms with Crippen LogP contribution in [0.25, 0.3) is 11.1 Å². The molecule has 0 amide bonds. The van der Waals surface area contributed by atoms with Crippen molar-refractivity contribution in [3.63, 3.8) is 0 Å². The Morgan fingerprint density at radius 3 is 1.73 bits per heavy atom. The van der Waals surface area contributed by atoms with Gasteiger partial charge in [0.15, 0.2) is 11.6 Å². The van der Waals surface area contributed by atoms with E-state index < -0.39 is 0 Å². The third-order valence-corrected chi connectivity index (χ3v) is 4.66. The molecule has 0 aromatic heterocycles. The molecule has 0 heterocycles. The summed E-state index contributed by atoms with van der Waals surface area (Å²) in [7, 11) is 0. The summed E-state index contributed by atoms with van der Waals surface area (Å²) in [6, 6.07) is 22.5. The Balaban J connectivity index is 0.000000209. The van der Waals surface area contributed by atoms with Gasteiger partial charge in [0.1, 0.15) is 0 Å². The number of halogens is 2. The van der Waals surface area contributed by atoms with Crippen molar-refractivity contribution >= 4 is 39.1 Å². The number of Topliss-reactive ketones (excluding diaryl/α,β-unsaturated/α-hetero) is 2. The van der Waals surface area contributed by atoms with E-state index >= 15 is 0 Å². The third-order valence-electron chi connectivity index (χ3n) is 3.71. The lowest BCUT2D eigenvalue weighted by atomic mass is 9.98. The number of hydrogen-bond donors (Lipinski definition) is 0. The third kappa shape index (κ3) is 5.38. The molecule has 0 aliphatic heterocycles. The molecular weight excluding hydrogens is 412 g/mol. The highest BCUT2D eigenvalue weighted by Gasteiger charge is 2.07. The second kappa shape index (κ2) is 9.46. The molecule has 0 atom stereocenters. The van der Waals surface area contributed by atoms with E-state index in [1.54, 1.807) is 19.9 Å². The Morgan fingerprint density at radius 1 is 0.731 bits per heavy atom. The lowest BCUT2D eigenvalue weighted by molar-refractivity contribution is 0.100. The molecule has 132 valence electrons. The van der Waals surface area contributed by atoms with Gasteiger partial charge in [-0.05, 0) is 43.2 Å². The van der Waals surface area contributed by atoms with Crippen LogP contribution < -0.4 is 0 Å². The minimum Gasteiger partial charge on any atom is -0.294 e. The maximum atomic E-state index is 11.5. The van der Waals surface area contributed by atoms with Crippen LogP contribution in [0, 0.1) is 0 Å². The largest absolute Gasteiger partial charge is 0.294 e. The van der Waals surface area contributed by atoms with Gasteiger partial charge in [0.2, 0.25) is 0 Å². The first-order chi connectivity index (χ1) is 12.4. The highest BCUT2D eigenvalue weighted by atomic mass is 79.9. The molecule has 0 bridgehead atoms. The Hall–Kier alpha value is -2.23. The molecule has 3 aromatic rings. The molecule has 0 saturated heterocycles.